The van der Waals surface area contributed by atoms with Gasteiger partial charge in [0.15, 0.2) is 0 Å². The Kier molecular flexibility index (Phi) is 26.0. The Bertz CT molecular complexity index is 341. The second kappa shape index (κ2) is 13.8. The number of hydrogen-bond acceptors (Lipinski definition) is 12. The van der Waals surface area contributed by atoms with Crippen LogP contribution in [-0.2, 0) is 63.7 Å². The van der Waals surface area contributed by atoms with Crippen LogP contribution in [0.2, 0.25) is 0 Å². The largest absolute Gasteiger partial charge is 3.00 e. The van der Waals surface area contributed by atoms with E-state index in [4.69, 9.17) is 47.8 Å². The van der Waals surface area contributed by atoms with E-state index < -0.39 is 40.8 Å². The maximum absolute atomic E-state index is 8.59. The fourth-order valence-corrected chi connectivity index (χ4v) is 0. The Morgan fingerprint density at radius 1 is 0.412 bits per heavy atom. The fraction of sp³-hybridized carbons (Fsp3) is 0. The molecule has 0 aliphatic heterocycles. The van der Waals surface area contributed by atoms with Gasteiger partial charge in [0.05, 0.1) is 0 Å². The third kappa shape index (κ3) is 665. The maximum atomic E-state index is 8.59. The second-order valence-corrected chi connectivity index (χ2v) is 5.05. The molecule has 0 unspecified atom stereocenters. The zero-order valence-corrected chi connectivity index (χ0v) is 16.0. The van der Waals surface area contributed by atoms with E-state index in [2.05, 4.69) is 0 Å². The molecule has 17 heavy (non-hydrogen) atoms. The summed E-state index contributed by atoms with van der Waals surface area (Å²) in [6.07, 6.45) is 0. The van der Waals surface area contributed by atoms with Gasteiger partial charge >= 0.3 is 169 Å². The van der Waals surface area contributed by atoms with Gasteiger partial charge in [0, 0.05) is 0 Å². The van der Waals surface area contributed by atoms with Crippen molar-refractivity contribution in [3.05, 3.63) is 0 Å². The van der Waals surface area contributed by atoms with Crippen LogP contribution < -0.4 is 24.9 Å². The van der Waals surface area contributed by atoms with Crippen LogP contribution in [0.15, 0.2) is 0 Å². The van der Waals surface area contributed by atoms with Gasteiger partial charge < -0.3 is 0 Å². The van der Waals surface area contributed by atoms with Crippen LogP contribution in [0.25, 0.3) is 0 Å². The van der Waals surface area contributed by atoms with Crippen LogP contribution in [0.3, 0.4) is 0 Å². The summed E-state index contributed by atoms with van der Waals surface area (Å²) >= 11 is -17.2. The van der Waals surface area contributed by atoms with Gasteiger partial charge in [-0.2, -0.15) is 0 Å². The molecular formula is Cr3O12Sm2. The molecule has 0 amide bonds. The summed E-state index contributed by atoms with van der Waals surface area (Å²) < 4.78 is 103. The van der Waals surface area contributed by atoms with E-state index in [1.165, 1.54) is 0 Å². The first-order valence-electron chi connectivity index (χ1n) is 2.00. The van der Waals surface area contributed by atoms with Crippen LogP contribution in [0.4, 0.5) is 0 Å². The molecule has 0 rings (SSSR count). The molecule has 0 aromatic carbocycles. The van der Waals surface area contributed by atoms with Crippen molar-refractivity contribution in [2.45, 2.75) is 0 Å². The van der Waals surface area contributed by atoms with Gasteiger partial charge in [0.2, 0.25) is 0 Å². The first-order valence-corrected chi connectivity index (χ1v) is 8.25. The molecule has 17 heteroatoms. The van der Waals surface area contributed by atoms with Crippen molar-refractivity contribution in [2.75, 3.05) is 0 Å². The van der Waals surface area contributed by atoms with Gasteiger partial charge in [0.1, 0.15) is 0 Å². The minimum Gasteiger partial charge on any atom is 3.00 e. The van der Waals surface area contributed by atoms with Gasteiger partial charge in [-0.15, -0.1) is 0 Å². The van der Waals surface area contributed by atoms with E-state index in [0.717, 1.165) is 0 Å². The summed E-state index contributed by atoms with van der Waals surface area (Å²) in [5, 5.41) is 0. The Hall–Kier alpha value is 2.83. The summed E-state index contributed by atoms with van der Waals surface area (Å²) in [5.74, 6) is 0. The standard InChI is InChI=1S/3Cr.12O.2Sm/q;;;;;;;;;6*-1;2*+3. The third-order valence-electron chi connectivity index (χ3n) is 0. The molecule has 0 bridgehead atoms. The fourth-order valence-electron chi connectivity index (χ4n) is 0. The molecule has 0 saturated heterocycles. The van der Waals surface area contributed by atoms with E-state index in [1.54, 1.807) is 0 Å². The average molecular weight is 649 g/mol. The molecule has 0 aliphatic carbocycles. The van der Waals surface area contributed by atoms with Crippen LogP contribution in [0.1, 0.15) is 0 Å². The molecule has 0 atom stereocenters. The van der Waals surface area contributed by atoms with Crippen molar-refractivity contribution in [2.24, 2.45) is 0 Å². The predicted octanol–water partition coefficient (Wildman–Crippen LogP) is -7.85. The molecule has 0 saturated carbocycles. The predicted molar refractivity (Wildman–Crippen MR) is 4.12 cm³/mol. The Labute approximate surface area is 166 Å². The van der Waals surface area contributed by atoms with E-state index >= 15 is 0 Å². The molecular weight excluding hydrogens is 649 g/mol. The Morgan fingerprint density at radius 3 is 0.412 bits per heavy atom. The number of hydrogen-bond donors (Lipinski definition) is 0. The number of rotatable bonds is 0. The van der Waals surface area contributed by atoms with Crippen LogP contribution in [0, 0.1) is 80.8 Å². The van der Waals surface area contributed by atoms with Crippen molar-refractivity contribution < 1.29 is 169 Å². The van der Waals surface area contributed by atoms with Crippen LogP contribution >= 0.6 is 0 Å². The van der Waals surface area contributed by atoms with Gasteiger partial charge in [0.25, 0.3) is 0 Å². The van der Waals surface area contributed by atoms with E-state index in [0.29, 0.717) is 0 Å². The first kappa shape index (κ1) is 32.0. The quantitative estimate of drug-likeness (QED) is 0.238. The smallest absolute Gasteiger partial charge is 3.00 e. The van der Waals surface area contributed by atoms with E-state index in [-0.39, 0.29) is 80.8 Å². The normalized spacial score (nSPS) is 10.2. The zero-order chi connectivity index (χ0) is 13.5. The van der Waals surface area contributed by atoms with Crippen molar-refractivity contribution in [1.82, 2.24) is 0 Å². The third-order valence-corrected chi connectivity index (χ3v) is 0. The summed E-state index contributed by atoms with van der Waals surface area (Å²) in [6.45, 7) is 0. The molecule has 2 radical (unpaired) electrons. The second-order valence-electron chi connectivity index (χ2n) is 1.22. The van der Waals surface area contributed by atoms with Crippen molar-refractivity contribution in [3.63, 3.8) is 0 Å². The van der Waals surface area contributed by atoms with E-state index in [1.807, 2.05) is 0 Å². The molecule has 0 aromatic heterocycles. The molecule has 0 aliphatic rings. The van der Waals surface area contributed by atoms with Crippen molar-refractivity contribution in [3.8, 4) is 0 Å². The molecule has 102 valence electrons. The Balaban J connectivity index is -0.0000000400. The van der Waals surface area contributed by atoms with Gasteiger partial charge in [-0.1, -0.05) is 0 Å². The molecule has 12 nitrogen and oxygen atoms in total. The molecule has 0 spiro atoms. The molecule has 0 N–H and O–H groups in total. The van der Waals surface area contributed by atoms with Crippen LogP contribution in [-0.4, -0.2) is 0 Å². The average Bonchev–Trinajstić information content (AvgIpc) is 1.41. The minimum absolute atomic E-state index is 0. The topological polar surface area (TPSA) is 241 Å². The first-order chi connectivity index (χ1) is 6.00. The van der Waals surface area contributed by atoms with Gasteiger partial charge in [-0.3, -0.25) is 0 Å². The summed E-state index contributed by atoms with van der Waals surface area (Å²) in [4.78, 5) is 0. The summed E-state index contributed by atoms with van der Waals surface area (Å²) in [5.41, 5.74) is 0. The monoisotopic (exact) mass is 652 g/mol. The maximum Gasteiger partial charge on any atom is 3.00 e. The molecule has 0 fully saturated rings. The summed E-state index contributed by atoms with van der Waals surface area (Å²) in [6, 6.07) is 0. The zero-order valence-electron chi connectivity index (χ0n) is 6.94. The van der Waals surface area contributed by atoms with Crippen molar-refractivity contribution >= 4 is 0 Å². The van der Waals surface area contributed by atoms with Gasteiger partial charge in [-0.05, 0) is 0 Å². The Morgan fingerprint density at radius 2 is 0.412 bits per heavy atom. The van der Waals surface area contributed by atoms with Crippen molar-refractivity contribution in [1.29, 1.82) is 0 Å². The van der Waals surface area contributed by atoms with Gasteiger partial charge in [-0.25, -0.2) is 0 Å². The molecule has 0 heterocycles. The minimum atomic E-state index is -5.75. The SMILES string of the molecule is [O]=[Cr](=[O])([O-])[O-].[O]=[Cr](=[O])([O-])[O-].[O]=[Cr](=[O])([O-])[O-].[Sm+3].[Sm+3]. The van der Waals surface area contributed by atoms with E-state index in [9.17, 15) is 0 Å². The summed E-state index contributed by atoms with van der Waals surface area (Å²) in [7, 11) is 0. The van der Waals surface area contributed by atoms with Crippen LogP contribution in [0.5, 0.6) is 0 Å². The molecule has 0 aromatic rings.